The summed E-state index contributed by atoms with van der Waals surface area (Å²) in [6.07, 6.45) is 3.30. The Labute approximate surface area is 147 Å². The highest BCUT2D eigenvalue weighted by atomic mass is 35.5. The second kappa shape index (κ2) is 6.15. The molecule has 0 atom stereocenters. The largest absolute Gasteiger partial charge is 0.369 e. The fourth-order valence-corrected chi connectivity index (χ4v) is 3.63. The highest BCUT2D eigenvalue weighted by Gasteiger charge is 2.26. The van der Waals surface area contributed by atoms with Gasteiger partial charge in [-0.25, -0.2) is 9.07 Å². The van der Waals surface area contributed by atoms with Crippen molar-refractivity contribution in [1.29, 1.82) is 0 Å². The summed E-state index contributed by atoms with van der Waals surface area (Å²) in [5, 5.41) is 9.24. The number of hydrogen-bond donors (Lipinski definition) is 0. The zero-order valence-electron chi connectivity index (χ0n) is 13.6. The van der Waals surface area contributed by atoms with Crippen LogP contribution in [0.4, 0.5) is 10.1 Å². The number of benzene rings is 1. The van der Waals surface area contributed by atoms with E-state index in [4.69, 9.17) is 16.1 Å². The molecule has 0 spiro atoms. The number of aromatic nitrogens is 3. The first-order valence-electron chi connectivity index (χ1n) is 8.06. The Morgan fingerprint density at radius 2 is 2.08 bits per heavy atom. The number of hydrogen-bond acceptors (Lipinski definition) is 5. The fourth-order valence-electron chi connectivity index (χ4n) is 3.34. The number of nitrogens with zero attached hydrogens (tertiary/aromatic N) is 4. The molecule has 3 aromatic rings. The molecule has 1 aliphatic heterocycles. The van der Waals surface area contributed by atoms with Crippen LogP contribution in [-0.2, 0) is 7.05 Å². The van der Waals surface area contributed by atoms with Crippen LogP contribution in [-0.4, -0.2) is 28.0 Å². The normalized spacial score (nSPS) is 15.9. The average Bonchev–Trinajstić information content (AvgIpc) is 3.03. The van der Waals surface area contributed by atoms with Crippen LogP contribution in [0, 0.1) is 5.82 Å². The van der Waals surface area contributed by atoms with Gasteiger partial charge in [0, 0.05) is 37.5 Å². The number of aryl methyl sites for hydroxylation is 1. The first-order valence-corrected chi connectivity index (χ1v) is 8.44. The van der Waals surface area contributed by atoms with Crippen LogP contribution in [0.3, 0.4) is 0 Å². The van der Waals surface area contributed by atoms with Crippen molar-refractivity contribution in [3.05, 3.63) is 51.3 Å². The minimum Gasteiger partial charge on any atom is -0.369 e. The molecule has 1 aliphatic rings. The van der Waals surface area contributed by atoms with Gasteiger partial charge in [0.25, 0.3) is 5.56 Å². The first-order chi connectivity index (χ1) is 12.0. The van der Waals surface area contributed by atoms with Crippen molar-refractivity contribution >= 4 is 28.3 Å². The SMILES string of the molecule is Cn1ncc(N2CCC(c3noc4cc(F)ccc34)CC2)c(Cl)c1=O. The van der Waals surface area contributed by atoms with E-state index in [1.54, 1.807) is 19.3 Å². The molecule has 2 aromatic heterocycles. The van der Waals surface area contributed by atoms with E-state index in [0.29, 0.717) is 11.3 Å². The van der Waals surface area contributed by atoms with Crippen molar-refractivity contribution in [2.45, 2.75) is 18.8 Å². The molecule has 0 N–H and O–H groups in total. The summed E-state index contributed by atoms with van der Waals surface area (Å²) in [6, 6.07) is 4.49. The Morgan fingerprint density at radius 1 is 1.32 bits per heavy atom. The molecule has 130 valence electrons. The molecule has 0 amide bonds. The monoisotopic (exact) mass is 362 g/mol. The summed E-state index contributed by atoms with van der Waals surface area (Å²) < 4.78 is 19.8. The highest BCUT2D eigenvalue weighted by Crippen LogP contribution is 2.35. The van der Waals surface area contributed by atoms with Crippen molar-refractivity contribution in [3.8, 4) is 0 Å². The summed E-state index contributed by atoms with van der Waals surface area (Å²) >= 11 is 6.18. The second-order valence-electron chi connectivity index (χ2n) is 6.24. The van der Waals surface area contributed by atoms with E-state index in [9.17, 15) is 9.18 Å². The Kier molecular flexibility index (Phi) is 3.95. The number of piperidine rings is 1. The van der Waals surface area contributed by atoms with Crippen molar-refractivity contribution in [2.75, 3.05) is 18.0 Å². The van der Waals surface area contributed by atoms with Crippen molar-refractivity contribution in [3.63, 3.8) is 0 Å². The van der Waals surface area contributed by atoms with Crippen LogP contribution in [0.1, 0.15) is 24.5 Å². The van der Waals surface area contributed by atoms with Crippen LogP contribution in [0.5, 0.6) is 0 Å². The van der Waals surface area contributed by atoms with Crippen molar-refractivity contribution < 1.29 is 8.91 Å². The molecular formula is C17H16ClFN4O2. The van der Waals surface area contributed by atoms with Gasteiger partial charge < -0.3 is 9.42 Å². The average molecular weight is 363 g/mol. The zero-order valence-corrected chi connectivity index (χ0v) is 14.3. The topological polar surface area (TPSA) is 64.2 Å². The molecule has 0 bridgehead atoms. The van der Waals surface area contributed by atoms with Crippen LogP contribution >= 0.6 is 11.6 Å². The molecule has 1 saturated heterocycles. The molecule has 3 heterocycles. The number of anilines is 1. The summed E-state index contributed by atoms with van der Waals surface area (Å²) in [7, 11) is 1.57. The maximum atomic E-state index is 13.3. The summed E-state index contributed by atoms with van der Waals surface area (Å²) in [4.78, 5) is 14.0. The van der Waals surface area contributed by atoms with E-state index in [-0.39, 0.29) is 22.3 Å². The summed E-state index contributed by atoms with van der Waals surface area (Å²) in [5.41, 5.74) is 1.69. The molecule has 4 rings (SSSR count). The number of halogens is 2. The van der Waals surface area contributed by atoms with Gasteiger partial charge in [-0.2, -0.15) is 5.10 Å². The van der Waals surface area contributed by atoms with Gasteiger partial charge in [-0.1, -0.05) is 16.8 Å². The van der Waals surface area contributed by atoms with Gasteiger partial charge in [0.05, 0.1) is 17.6 Å². The Bertz CT molecular complexity index is 992. The second-order valence-corrected chi connectivity index (χ2v) is 6.62. The minimum absolute atomic E-state index is 0.193. The molecule has 1 fully saturated rings. The lowest BCUT2D eigenvalue weighted by atomic mass is 9.91. The van der Waals surface area contributed by atoms with E-state index >= 15 is 0 Å². The minimum atomic E-state index is -0.335. The summed E-state index contributed by atoms with van der Waals surface area (Å²) in [5.74, 6) is -0.112. The van der Waals surface area contributed by atoms with E-state index < -0.39 is 0 Å². The lowest BCUT2D eigenvalue weighted by Gasteiger charge is -2.33. The Hall–Kier alpha value is -2.41. The molecule has 8 heteroatoms. The molecule has 0 aliphatic carbocycles. The standard InChI is InChI=1S/C17H16ClFN4O2/c1-22-17(24)15(18)13(9-20-22)23-6-4-10(5-7-23)16-12-3-2-11(19)8-14(12)25-21-16/h2-3,8-10H,4-7H2,1H3. The van der Waals surface area contributed by atoms with Gasteiger partial charge in [0.15, 0.2) is 5.58 Å². The highest BCUT2D eigenvalue weighted by molar-refractivity contribution is 6.33. The molecule has 0 saturated carbocycles. The van der Waals surface area contributed by atoms with Crippen LogP contribution in [0.2, 0.25) is 5.02 Å². The molecule has 0 unspecified atom stereocenters. The molecule has 6 nitrogen and oxygen atoms in total. The third kappa shape index (κ3) is 2.78. The maximum Gasteiger partial charge on any atom is 0.287 e. The maximum absolute atomic E-state index is 13.3. The molecular weight excluding hydrogens is 347 g/mol. The van der Waals surface area contributed by atoms with E-state index in [1.807, 2.05) is 0 Å². The molecule has 0 radical (unpaired) electrons. The van der Waals surface area contributed by atoms with Gasteiger partial charge in [-0.3, -0.25) is 4.79 Å². The predicted octanol–water partition coefficient (Wildman–Crippen LogP) is 3.10. The lowest BCUT2D eigenvalue weighted by molar-refractivity contribution is 0.416. The smallest absolute Gasteiger partial charge is 0.287 e. The third-order valence-corrected chi connectivity index (χ3v) is 5.10. The third-order valence-electron chi connectivity index (χ3n) is 4.74. The van der Waals surface area contributed by atoms with Gasteiger partial charge >= 0.3 is 0 Å². The number of rotatable bonds is 2. The molecule has 1 aromatic carbocycles. The predicted molar refractivity (Wildman–Crippen MR) is 92.6 cm³/mol. The van der Waals surface area contributed by atoms with Gasteiger partial charge in [0.1, 0.15) is 10.8 Å². The first kappa shape index (κ1) is 16.1. The van der Waals surface area contributed by atoms with Crippen LogP contribution < -0.4 is 10.5 Å². The Balaban J connectivity index is 1.55. The van der Waals surface area contributed by atoms with Crippen LogP contribution in [0.15, 0.2) is 33.7 Å². The number of fused-ring (bicyclic) bond motifs is 1. The molecule has 25 heavy (non-hydrogen) atoms. The Morgan fingerprint density at radius 3 is 2.84 bits per heavy atom. The van der Waals surface area contributed by atoms with Gasteiger partial charge in [-0.15, -0.1) is 0 Å². The van der Waals surface area contributed by atoms with E-state index in [0.717, 1.165) is 37.0 Å². The van der Waals surface area contributed by atoms with E-state index in [1.165, 1.54) is 16.8 Å². The van der Waals surface area contributed by atoms with Crippen molar-refractivity contribution in [1.82, 2.24) is 14.9 Å². The van der Waals surface area contributed by atoms with Gasteiger partial charge in [0.2, 0.25) is 0 Å². The van der Waals surface area contributed by atoms with E-state index in [2.05, 4.69) is 15.2 Å². The lowest BCUT2D eigenvalue weighted by Crippen LogP contribution is -2.35. The fraction of sp³-hybridized carbons (Fsp3) is 0.353. The van der Waals surface area contributed by atoms with Gasteiger partial charge in [-0.05, 0) is 25.0 Å². The zero-order chi connectivity index (χ0) is 17.6. The van der Waals surface area contributed by atoms with Crippen molar-refractivity contribution in [2.24, 2.45) is 7.05 Å². The van der Waals surface area contributed by atoms with Crippen LogP contribution in [0.25, 0.3) is 11.0 Å². The quantitative estimate of drug-likeness (QED) is 0.701. The summed E-state index contributed by atoms with van der Waals surface area (Å²) in [6.45, 7) is 1.46.